The highest BCUT2D eigenvalue weighted by molar-refractivity contribution is 7.87. The molecule has 4 fully saturated rings. The predicted octanol–water partition coefficient (Wildman–Crippen LogP) is 3.70. The van der Waals surface area contributed by atoms with E-state index in [4.69, 9.17) is 9.88 Å². The molecule has 2 saturated carbocycles. The average molecular weight is 618 g/mol. The molecule has 3 aliphatic heterocycles. The third-order valence-corrected chi connectivity index (χ3v) is 11.7. The van der Waals surface area contributed by atoms with Crippen molar-refractivity contribution in [3.05, 3.63) is 53.1 Å². The third-order valence-electron chi connectivity index (χ3n) is 11.2. The van der Waals surface area contributed by atoms with Gasteiger partial charge in [0.15, 0.2) is 0 Å². The maximum absolute atomic E-state index is 14.7. The van der Waals surface area contributed by atoms with Crippen molar-refractivity contribution in [2.75, 3.05) is 27.2 Å². The van der Waals surface area contributed by atoms with E-state index in [-0.39, 0.29) is 23.4 Å². The van der Waals surface area contributed by atoms with E-state index in [0.29, 0.717) is 18.5 Å². The summed E-state index contributed by atoms with van der Waals surface area (Å²) in [5.74, 6) is 0.668. The van der Waals surface area contributed by atoms with E-state index < -0.39 is 21.5 Å². The van der Waals surface area contributed by atoms with Crippen LogP contribution in [0.15, 0.2) is 36.4 Å². The van der Waals surface area contributed by atoms with E-state index >= 15 is 0 Å². The van der Waals surface area contributed by atoms with Crippen molar-refractivity contribution in [1.82, 2.24) is 19.1 Å². The van der Waals surface area contributed by atoms with Crippen LogP contribution in [0.4, 0.5) is 0 Å². The van der Waals surface area contributed by atoms with Gasteiger partial charge in [-0.05, 0) is 80.1 Å². The van der Waals surface area contributed by atoms with E-state index in [2.05, 4.69) is 33.5 Å². The maximum Gasteiger partial charge on any atom is 0.298 e. The zero-order valence-corrected chi connectivity index (χ0v) is 26.0. The van der Waals surface area contributed by atoms with Gasteiger partial charge >= 0.3 is 0 Å². The number of nitrogens with two attached hydrogens (primary N) is 1. The normalized spacial score (nSPS) is 27.9. The highest BCUT2D eigenvalue weighted by atomic mass is 32.2. The number of nitrogens with zero attached hydrogens (tertiary/aromatic N) is 3. The summed E-state index contributed by atoms with van der Waals surface area (Å²) in [5, 5.41) is 6.20. The Morgan fingerprint density at radius 3 is 2.52 bits per heavy atom. The van der Waals surface area contributed by atoms with Gasteiger partial charge in [0.05, 0.1) is 18.2 Å². The Bertz CT molecular complexity index is 1830. The lowest BCUT2D eigenvalue weighted by Crippen LogP contribution is -2.50. The van der Waals surface area contributed by atoms with Crippen molar-refractivity contribution in [3.63, 3.8) is 0 Å². The van der Waals surface area contributed by atoms with Gasteiger partial charge < -0.3 is 14.2 Å². The van der Waals surface area contributed by atoms with Crippen LogP contribution in [0.3, 0.4) is 0 Å². The molecule has 44 heavy (non-hydrogen) atoms. The molecule has 1 aromatic heterocycles. The average Bonchev–Trinajstić information content (AvgIpc) is 3.25. The standard InChI is InChI=1S/C33H39N5O5S/c1-36-16-22-13-21(36)17-37(22)32(40)33-15-27(33)26-14-23(43-2)9-11-24(26)30-29(19-6-4-3-5-7-19)25-10-8-20(12-28(25)38(30)18-33)31(39)35-44(34,41)42/h8-12,14,19,21-22,27H,3-7,13,15-18H2,1-2H3,(H,35,39)(H2,34,41,42). The summed E-state index contributed by atoms with van der Waals surface area (Å²) in [6.45, 7) is 2.19. The summed E-state index contributed by atoms with van der Waals surface area (Å²) >= 11 is 0. The summed E-state index contributed by atoms with van der Waals surface area (Å²) in [6, 6.07) is 12.3. The third kappa shape index (κ3) is 4.23. The number of fused-ring (bicyclic) bond motifs is 9. The predicted molar refractivity (Wildman–Crippen MR) is 167 cm³/mol. The molecule has 2 amide bonds. The lowest BCUT2D eigenvalue weighted by Gasteiger charge is -2.35. The van der Waals surface area contributed by atoms with Crippen LogP contribution in [-0.2, 0) is 21.5 Å². The number of carbonyl (C=O) groups excluding carboxylic acids is 2. The second kappa shape index (κ2) is 9.79. The first-order valence-corrected chi connectivity index (χ1v) is 17.3. The number of likely N-dealkylation sites (N-methyl/N-ethyl adjacent to an activating group) is 1. The monoisotopic (exact) mass is 617 g/mol. The Balaban J connectivity index is 1.33. The van der Waals surface area contributed by atoms with Gasteiger partial charge in [0, 0.05) is 59.7 Å². The molecule has 4 atom stereocenters. The van der Waals surface area contributed by atoms with Gasteiger partial charge in [-0.3, -0.25) is 14.5 Å². The van der Waals surface area contributed by atoms with Crippen molar-refractivity contribution in [1.29, 1.82) is 0 Å². The number of benzene rings is 2. The smallest absolute Gasteiger partial charge is 0.298 e. The van der Waals surface area contributed by atoms with Gasteiger partial charge in [-0.15, -0.1) is 0 Å². The number of rotatable bonds is 5. The fourth-order valence-corrected chi connectivity index (χ4v) is 9.39. The first kappa shape index (κ1) is 28.1. The lowest BCUT2D eigenvalue weighted by molar-refractivity contribution is -0.140. The minimum absolute atomic E-state index is 0.0694. The Hall–Kier alpha value is -3.41. The van der Waals surface area contributed by atoms with Crippen LogP contribution < -0.4 is 14.6 Å². The van der Waals surface area contributed by atoms with Crippen molar-refractivity contribution < 1.29 is 22.7 Å². The Labute approximate surface area is 257 Å². The first-order chi connectivity index (χ1) is 21.1. The minimum Gasteiger partial charge on any atom is -0.497 e. The molecule has 8 rings (SSSR count). The molecular formula is C33H39N5O5S. The van der Waals surface area contributed by atoms with Crippen molar-refractivity contribution in [2.24, 2.45) is 10.6 Å². The van der Waals surface area contributed by atoms with Gasteiger partial charge in [-0.2, -0.15) is 8.42 Å². The second-order valence-corrected chi connectivity index (χ2v) is 15.0. The number of carbonyl (C=O) groups is 2. The van der Waals surface area contributed by atoms with Crippen LogP contribution in [0, 0.1) is 5.41 Å². The number of hydrogen-bond donors (Lipinski definition) is 2. The van der Waals surface area contributed by atoms with Crippen molar-refractivity contribution in [2.45, 2.75) is 75.4 Å². The van der Waals surface area contributed by atoms with E-state index in [1.165, 1.54) is 12.0 Å². The molecule has 11 heteroatoms. The molecule has 4 heterocycles. The molecule has 3 aromatic rings. The van der Waals surface area contributed by atoms with Gasteiger partial charge in [0.1, 0.15) is 5.75 Å². The van der Waals surface area contributed by atoms with Crippen LogP contribution >= 0.6 is 0 Å². The number of hydrogen-bond acceptors (Lipinski definition) is 6. The van der Waals surface area contributed by atoms with Gasteiger partial charge in [-0.1, -0.05) is 25.3 Å². The van der Waals surface area contributed by atoms with Gasteiger partial charge in [0.2, 0.25) is 5.91 Å². The summed E-state index contributed by atoms with van der Waals surface area (Å²) in [6.07, 6.45) is 7.52. The second-order valence-electron chi connectivity index (χ2n) is 13.7. The SMILES string of the molecule is COc1ccc2c(c1)C1CC1(C(=O)N1CC3CC1CN3C)Cn1c-2c(C2CCCCC2)c2ccc(C(=O)NS(N)(=O)=O)cc21. The number of piperazine rings is 1. The van der Waals surface area contributed by atoms with Gasteiger partial charge in [0.25, 0.3) is 16.1 Å². The Morgan fingerprint density at radius 2 is 1.84 bits per heavy atom. The number of methoxy groups -OCH3 is 1. The molecular weight excluding hydrogens is 578 g/mol. The van der Waals surface area contributed by atoms with Crippen LogP contribution in [0.25, 0.3) is 22.2 Å². The quantitative estimate of drug-likeness (QED) is 0.450. The number of ether oxygens (including phenoxy) is 1. The zero-order chi connectivity index (χ0) is 30.5. The molecule has 4 unspecified atom stereocenters. The maximum atomic E-state index is 14.7. The summed E-state index contributed by atoms with van der Waals surface area (Å²) < 4.78 is 33.3. The zero-order valence-electron chi connectivity index (χ0n) is 25.2. The molecule has 232 valence electrons. The van der Waals surface area contributed by atoms with Crippen molar-refractivity contribution >= 4 is 32.9 Å². The molecule has 0 spiro atoms. The summed E-state index contributed by atoms with van der Waals surface area (Å²) in [7, 11) is -0.392. The minimum atomic E-state index is -4.22. The molecule has 2 bridgehead atoms. The Morgan fingerprint density at radius 1 is 1.05 bits per heavy atom. The Kier molecular flexibility index (Phi) is 6.25. The van der Waals surface area contributed by atoms with E-state index in [1.807, 2.05) is 16.9 Å². The van der Waals surface area contributed by atoms with Crippen LogP contribution in [0.1, 0.15) is 78.3 Å². The topological polar surface area (TPSA) is 127 Å². The molecule has 2 aliphatic carbocycles. The lowest BCUT2D eigenvalue weighted by atomic mass is 9.81. The van der Waals surface area contributed by atoms with Gasteiger partial charge in [-0.25, -0.2) is 9.86 Å². The van der Waals surface area contributed by atoms with Crippen LogP contribution in [-0.4, -0.2) is 73.9 Å². The molecule has 3 N–H and O–H groups in total. The molecule has 0 radical (unpaired) electrons. The fraction of sp³-hybridized carbons (Fsp3) is 0.515. The molecule has 2 aromatic carbocycles. The van der Waals surface area contributed by atoms with E-state index in [1.54, 1.807) is 19.2 Å². The largest absolute Gasteiger partial charge is 0.497 e. The van der Waals surface area contributed by atoms with Crippen LogP contribution in [0.5, 0.6) is 5.75 Å². The molecule has 2 saturated heterocycles. The molecule has 5 aliphatic rings. The number of aromatic nitrogens is 1. The van der Waals surface area contributed by atoms with E-state index in [0.717, 1.165) is 85.1 Å². The highest BCUT2D eigenvalue weighted by Gasteiger charge is 2.65. The number of likely N-dealkylation sites (tertiary alicyclic amines) is 2. The van der Waals surface area contributed by atoms with Crippen LogP contribution in [0.2, 0.25) is 0 Å². The van der Waals surface area contributed by atoms with E-state index in [9.17, 15) is 18.0 Å². The summed E-state index contributed by atoms with van der Waals surface area (Å²) in [5.41, 5.74) is 5.15. The first-order valence-electron chi connectivity index (χ1n) is 15.8. The number of amides is 2. The fourth-order valence-electron chi connectivity index (χ4n) is 9.01. The highest BCUT2D eigenvalue weighted by Crippen LogP contribution is 2.66. The molecule has 10 nitrogen and oxygen atoms in total. The number of nitrogens with one attached hydrogen (secondary N) is 1. The van der Waals surface area contributed by atoms with Crippen molar-refractivity contribution in [3.8, 4) is 17.0 Å². The summed E-state index contributed by atoms with van der Waals surface area (Å²) in [4.78, 5) is 32.2.